The van der Waals surface area contributed by atoms with Crippen molar-refractivity contribution in [1.82, 2.24) is 20.8 Å². The Hall–Kier alpha value is -2.70. The van der Waals surface area contributed by atoms with Crippen molar-refractivity contribution < 1.29 is 14.1 Å². The van der Waals surface area contributed by atoms with Gasteiger partial charge in [-0.05, 0) is 55.6 Å². The molecule has 0 spiro atoms. The summed E-state index contributed by atoms with van der Waals surface area (Å²) in [5.41, 5.74) is 1.69. The molecule has 29 heavy (non-hydrogen) atoms. The van der Waals surface area contributed by atoms with Gasteiger partial charge in [0.25, 0.3) is 5.91 Å². The molecule has 0 unspecified atom stereocenters. The van der Waals surface area contributed by atoms with E-state index in [4.69, 9.17) is 4.52 Å². The first-order chi connectivity index (χ1) is 13.9. The Morgan fingerprint density at radius 1 is 1.17 bits per heavy atom. The molecule has 3 rings (SSSR count). The van der Waals surface area contributed by atoms with Gasteiger partial charge in [-0.25, -0.2) is 0 Å². The highest BCUT2D eigenvalue weighted by molar-refractivity contribution is 5.91. The van der Waals surface area contributed by atoms with Crippen LogP contribution in [0.5, 0.6) is 0 Å². The van der Waals surface area contributed by atoms with Crippen LogP contribution in [0.1, 0.15) is 80.4 Å². The predicted octanol–water partition coefficient (Wildman–Crippen LogP) is 3.61. The topological polar surface area (TPSA) is 97.1 Å². The average Bonchev–Trinajstić information content (AvgIpc) is 3.22. The molecule has 7 heteroatoms. The third-order valence-electron chi connectivity index (χ3n) is 5.62. The maximum absolute atomic E-state index is 12.3. The van der Waals surface area contributed by atoms with Crippen LogP contribution >= 0.6 is 0 Å². The second-order valence-corrected chi connectivity index (χ2v) is 8.19. The number of rotatable bonds is 7. The van der Waals surface area contributed by atoms with Gasteiger partial charge < -0.3 is 15.2 Å². The first-order valence-electron chi connectivity index (χ1n) is 10.4. The van der Waals surface area contributed by atoms with Gasteiger partial charge in [0.05, 0.1) is 17.4 Å². The van der Waals surface area contributed by atoms with Crippen molar-refractivity contribution in [2.24, 2.45) is 11.8 Å². The largest absolute Gasteiger partial charge is 0.351 e. The van der Waals surface area contributed by atoms with Crippen molar-refractivity contribution in [3.8, 4) is 0 Å². The van der Waals surface area contributed by atoms with Gasteiger partial charge in [-0.1, -0.05) is 25.1 Å². The van der Waals surface area contributed by atoms with Gasteiger partial charge in [0.2, 0.25) is 11.7 Å². The Kier molecular flexibility index (Phi) is 7.01. The van der Waals surface area contributed by atoms with E-state index >= 15 is 0 Å². The number of carbonyl (C=O) groups excluding carboxylic acids is 2. The van der Waals surface area contributed by atoms with E-state index in [-0.39, 0.29) is 29.5 Å². The van der Waals surface area contributed by atoms with Crippen LogP contribution < -0.4 is 10.6 Å². The summed E-state index contributed by atoms with van der Waals surface area (Å²) in [5.74, 6) is 1.02. The fourth-order valence-corrected chi connectivity index (χ4v) is 3.93. The second-order valence-electron chi connectivity index (χ2n) is 8.19. The monoisotopic (exact) mass is 398 g/mol. The minimum absolute atomic E-state index is 0.0390. The molecule has 1 saturated carbocycles. The minimum Gasteiger partial charge on any atom is -0.351 e. The molecule has 0 bridgehead atoms. The summed E-state index contributed by atoms with van der Waals surface area (Å²) in [6.07, 6.45) is 5.74. The second kappa shape index (κ2) is 9.67. The van der Waals surface area contributed by atoms with Gasteiger partial charge in [-0.15, -0.1) is 0 Å². The number of hydrogen-bond acceptors (Lipinski definition) is 5. The number of carbonyl (C=O) groups is 2. The highest BCUT2D eigenvalue weighted by atomic mass is 16.5. The molecule has 0 aromatic carbocycles. The molecule has 2 aromatic rings. The maximum Gasteiger partial charge on any atom is 0.289 e. The van der Waals surface area contributed by atoms with Crippen LogP contribution in [-0.4, -0.2) is 28.5 Å². The summed E-state index contributed by atoms with van der Waals surface area (Å²) in [4.78, 5) is 28.4. The summed E-state index contributed by atoms with van der Waals surface area (Å²) < 4.78 is 5.15. The number of hydrogen-bond donors (Lipinski definition) is 2. The van der Waals surface area contributed by atoms with Gasteiger partial charge in [-0.2, -0.15) is 0 Å². The highest BCUT2D eigenvalue weighted by Gasteiger charge is 2.30. The molecule has 1 aliphatic rings. The van der Waals surface area contributed by atoms with Crippen molar-refractivity contribution in [1.29, 1.82) is 0 Å². The molecule has 0 aliphatic heterocycles. The Morgan fingerprint density at radius 3 is 2.52 bits per heavy atom. The van der Waals surface area contributed by atoms with Crippen LogP contribution in [0.2, 0.25) is 0 Å². The summed E-state index contributed by atoms with van der Waals surface area (Å²) in [6.45, 7) is 6.19. The molecule has 1 atom stereocenters. The standard InChI is InChI=1S/C22H30N4O3/c1-14(2)19-12-20(29-26-19)22(28)24-13-16-7-9-17(10-8-16)21(25-15(3)27)18-6-4-5-11-23-18/h4-6,11-12,14,16-17,21H,7-10,13H2,1-3H3,(H,24,28)(H,25,27)/t16?,17?,21-/m0/s1. The number of amides is 2. The fraction of sp³-hybridized carbons (Fsp3) is 0.545. The van der Waals surface area contributed by atoms with Crippen LogP contribution in [-0.2, 0) is 4.79 Å². The number of aromatic nitrogens is 2. The van der Waals surface area contributed by atoms with Gasteiger partial charge in [-0.3, -0.25) is 14.6 Å². The molecular formula is C22H30N4O3. The third-order valence-corrected chi connectivity index (χ3v) is 5.62. The SMILES string of the molecule is CC(=O)N[C@H](c1ccccn1)C1CCC(CNC(=O)c2cc(C(C)C)no2)CC1. The van der Waals surface area contributed by atoms with Crippen molar-refractivity contribution in [3.05, 3.63) is 47.6 Å². The maximum atomic E-state index is 12.3. The zero-order chi connectivity index (χ0) is 20.8. The zero-order valence-corrected chi connectivity index (χ0v) is 17.4. The number of pyridine rings is 1. The first-order valence-corrected chi connectivity index (χ1v) is 10.4. The smallest absolute Gasteiger partial charge is 0.289 e. The molecular weight excluding hydrogens is 368 g/mol. The molecule has 1 aliphatic carbocycles. The van der Waals surface area contributed by atoms with Gasteiger partial charge >= 0.3 is 0 Å². The van der Waals surface area contributed by atoms with Crippen molar-refractivity contribution in [2.45, 2.75) is 58.4 Å². The van der Waals surface area contributed by atoms with Gasteiger partial charge in [0, 0.05) is 25.7 Å². The molecule has 2 heterocycles. The molecule has 0 radical (unpaired) electrons. The first kappa shape index (κ1) is 21.0. The van der Waals surface area contributed by atoms with E-state index in [2.05, 4.69) is 20.8 Å². The number of nitrogens with one attached hydrogen (secondary N) is 2. The molecule has 0 saturated heterocycles. The van der Waals surface area contributed by atoms with E-state index < -0.39 is 0 Å². The molecule has 156 valence electrons. The molecule has 7 nitrogen and oxygen atoms in total. The van der Waals surface area contributed by atoms with Crippen molar-refractivity contribution >= 4 is 11.8 Å². The van der Waals surface area contributed by atoms with Crippen LogP contribution in [0.25, 0.3) is 0 Å². The fourth-order valence-electron chi connectivity index (χ4n) is 3.93. The normalized spacial score (nSPS) is 20.3. The van der Waals surface area contributed by atoms with Gasteiger partial charge in [0.1, 0.15) is 0 Å². The summed E-state index contributed by atoms with van der Waals surface area (Å²) in [6, 6.07) is 7.45. The summed E-state index contributed by atoms with van der Waals surface area (Å²) >= 11 is 0. The number of nitrogens with zero attached hydrogens (tertiary/aromatic N) is 2. The lowest BCUT2D eigenvalue weighted by atomic mass is 9.77. The summed E-state index contributed by atoms with van der Waals surface area (Å²) in [5, 5.41) is 9.98. The molecule has 1 fully saturated rings. The van der Waals surface area contributed by atoms with Crippen LogP contribution in [0.3, 0.4) is 0 Å². The molecule has 2 amide bonds. The van der Waals surface area contributed by atoms with E-state index in [1.807, 2.05) is 32.0 Å². The molecule has 2 N–H and O–H groups in total. The Morgan fingerprint density at radius 2 is 1.93 bits per heavy atom. The Labute approximate surface area is 171 Å². The highest BCUT2D eigenvalue weighted by Crippen LogP contribution is 2.36. The van der Waals surface area contributed by atoms with E-state index in [0.717, 1.165) is 37.1 Å². The Bertz CT molecular complexity index is 810. The molecule has 2 aromatic heterocycles. The lowest BCUT2D eigenvalue weighted by molar-refractivity contribution is -0.120. The van der Waals surface area contributed by atoms with Gasteiger partial charge in [0.15, 0.2) is 0 Å². The van der Waals surface area contributed by atoms with Crippen LogP contribution in [0.4, 0.5) is 0 Å². The zero-order valence-electron chi connectivity index (χ0n) is 17.4. The van der Waals surface area contributed by atoms with Crippen molar-refractivity contribution in [2.75, 3.05) is 6.54 Å². The average molecular weight is 399 g/mol. The lowest BCUT2D eigenvalue weighted by Crippen LogP contribution is -2.36. The van der Waals surface area contributed by atoms with E-state index in [9.17, 15) is 9.59 Å². The van der Waals surface area contributed by atoms with E-state index in [1.165, 1.54) is 0 Å². The summed E-state index contributed by atoms with van der Waals surface area (Å²) in [7, 11) is 0. The van der Waals surface area contributed by atoms with Crippen LogP contribution in [0.15, 0.2) is 35.0 Å². The van der Waals surface area contributed by atoms with E-state index in [1.54, 1.807) is 19.2 Å². The third kappa shape index (κ3) is 5.65. The Balaban J connectivity index is 1.51. The van der Waals surface area contributed by atoms with Crippen LogP contribution in [0, 0.1) is 11.8 Å². The minimum atomic E-state index is -0.212. The van der Waals surface area contributed by atoms with Crippen molar-refractivity contribution in [3.63, 3.8) is 0 Å². The predicted molar refractivity (Wildman–Crippen MR) is 109 cm³/mol. The lowest BCUT2D eigenvalue weighted by Gasteiger charge is -2.34. The van der Waals surface area contributed by atoms with E-state index in [0.29, 0.717) is 18.4 Å². The quantitative estimate of drug-likeness (QED) is 0.743.